The van der Waals surface area contributed by atoms with Gasteiger partial charge in [-0.15, -0.1) is 11.8 Å². The van der Waals surface area contributed by atoms with E-state index < -0.39 is 0 Å². The highest BCUT2D eigenvalue weighted by Crippen LogP contribution is 2.08. The first kappa shape index (κ1) is 10.5. The number of rotatable bonds is 2. The Labute approximate surface area is 91.4 Å². The van der Waals surface area contributed by atoms with Gasteiger partial charge in [-0.2, -0.15) is 0 Å². The van der Waals surface area contributed by atoms with Gasteiger partial charge in [0.1, 0.15) is 0 Å². The smallest absolute Gasteiger partial charge is 0.236 e. The molecule has 0 atom stereocenters. The Balaban J connectivity index is 1.77. The van der Waals surface area contributed by atoms with Crippen molar-refractivity contribution in [1.82, 2.24) is 9.80 Å². The Hall–Kier alpha value is -1.01. The third-order valence-electron chi connectivity index (χ3n) is 3.05. The lowest BCUT2D eigenvalue weighted by Crippen LogP contribution is -2.39. The lowest BCUT2D eigenvalue weighted by molar-refractivity contribution is -0.131. The van der Waals surface area contributed by atoms with Crippen LogP contribution < -0.4 is 0 Å². The Morgan fingerprint density at radius 2 is 1.60 bits per heavy atom. The zero-order valence-corrected chi connectivity index (χ0v) is 9.17. The predicted molar refractivity (Wildman–Crippen MR) is 59.3 cm³/mol. The van der Waals surface area contributed by atoms with Gasteiger partial charge in [0.25, 0.3) is 0 Å². The van der Waals surface area contributed by atoms with Gasteiger partial charge in [-0.3, -0.25) is 9.69 Å². The van der Waals surface area contributed by atoms with Crippen molar-refractivity contribution in [2.75, 3.05) is 32.7 Å². The fourth-order valence-electron chi connectivity index (χ4n) is 2.13. The molecule has 0 aromatic heterocycles. The van der Waals surface area contributed by atoms with Crippen LogP contribution in [0.15, 0.2) is 0 Å². The minimum atomic E-state index is 0.300. The van der Waals surface area contributed by atoms with Gasteiger partial charge in [-0.25, -0.2) is 0 Å². The zero-order chi connectivity index (χ0) is 10.5. The second kappa shape index (κ2) is 5.18. The number of hydrogen-bond donors (Lipinski definition) is 0. The van der Waals surface area contributed by atoms with Crippen molar-refractivity contribution in [3.8, 4) is 11.8 Å². The normalized spacial score (nSPS) is 22.0. The summed E-state index contributed by atoms with van der Waals surface area (Å²) in [7, 11) is 0. The summed E-state index contributed by atoms with van der Waals surface area (Å²) < 4.78 is 0. The molecule has 2 heterocycles. The highest BCUT2D eigenvalue weighted by molar-refractivity contribution is 5.78. The van der Waals surface area contributed by atoms with Crippen molar-refractivity contribution < 1.29 is 4.79 Å². The van der Waals surface area contributed by atoms with Crippen LogP contribution in [0.3, 0.4) is 0 Å². The van der Waals surface area contributed by atoms with E-state index in [1.54, 1.807) is 0 Å². The molecule has 1 fully saturated rings. The molecule has 0 aromatic carbocycles. The van der Waals surface area contributed by atoms with Crippen LogP contribution in [0.25, 0.3) is 0 Å². The maximum Gasteiger partial charge on any atom is 0.236 e. The van der Waals surface area contributed by atoms with Crippen LogP contribution in [0.5, 0.6) is 0 Å². The van der Waals surface area contributed by atoms with Crippen molar-refractivity contribution in [2.45, 2.75) is 25.7 Å². The van der Waals surface area contributed by atoms with Gasteiger partial charge in [0.05, 0.1) is 6.54 Å². The SMILES string of the molecule is O=C(CN1CCC#CCC1)N1CCCC1. The minimum Gasteiger partial charge on any atom is -0.342 e. The standard InChI is InChI=1S/C12H18N2O/c15-12(14-9-5-6-10-14)11-13-7-3-1-2-4-8-13/h3-11H2. The summed E-state index contributed by atoms with van der Waals surface area (Å²) in [5.74, 6) is 6.51. The third-order valence-corrected chi connectivity index (χ3v) is 3.05. The van der Waals surface area contributed by atoms with Gasteiger partial charge in [-0.1, -0.05) is 0 Å². The summed E-state index contributed by atoms with van der Waals surface area (Å²) in [4.78, 5) is 16.1. The van der Waals surface area contributed by atoms with Crippen molar-refractivity contribution in [3.63, 3.8) is 0 Å². The molecule has 0 N–H and O–H groups in total. The molecule has 0 aliphatic carbocycles. The summed E-state index contributed by atoms with van der Waals surface area (Å²) in [6.07, 6.45) is 4.17. The van der Waals surface area contributed by atoms with Crippen LogP contribution in [0.1, 0.15) is 25.7 Å². The molecule has 2 aliphatic heterocycles. The van der Waals surface area contributed by atoms with Crippen LogP contribution in [-0.4, -0.2) is 48.4 Å². The summed E-state index contributed by atoms with van der Waals surface area (Å²) in [6, 6.07) is 0. The molecule has 3 nitrogen and oxygen atoms in total. The Kier molecular flexibility index (Phi) is 3.63. The van der Waals surface area contributed by atoms with E-state index in [1.807, 2.05) is 4.90 Å². The van der Waals surface area contributed by atoms with Crippen molar-refractivity contribution in [3.05, 3.63) is 0 Å². The maximum absolute atomic E-state index is 11.9. The number of carbonyl (C=O) groups excluding carboxylic acids is 1. The molecule has 3 heteroatoms. The number of nitrogens with zero attached hydrogens (tertiary/aromatic N) is 2. The van der Waals surface area contributed by atoms with Gasteiger partial charge >= 0.3 is 0 Å². The monoisotopic (exact) mass is 206 g/mol. The first-order valence-corrected chi connectivity index (χ1v) is 5.82. The number of carbonyl (C=O) groups is 1. The zero-order valence-electron chi connectivity index (χ0n) is 9.17. The van der Waals surface area contributed by atoms with E-state index in [0.717, 1.165) is 39.0 Å². The van der Waals surface area contributed by atoms with Crippen LogP contribution >= 0.6 is 0 Å². The molecule has 2 rings (SSSR count). The van der Waals surface area contributed by atoms with Gasteiger partial charge in [0.15, 0.2) is 0 Å². The molecule has 15 heavy (non-hydrogen) atoms. The largest absolute Gasteiger partial charge is 0.342 e. The Morgan fingerprint density at radius 1 is 1.00 bits per heavy atom. The van der Waals surface area contributed by atoms with Crippen molar-refractivity contribution >= 4 is 5.91 Å². The lowest BCUT2D eigenvalue weighted by Gasteiger charge is -2.22. The van der Waals surface area contributed by atoms with Gasteiger partial charge in [-0.05, 0) is 12.8 Å². The van der Waals surface area contributed by atoms with Crippen molar-refractivity contribution in [1.29, 1.82) is 0 Å². The highest BCUT2D eigenvalue weighted by atomic mass is 16.2. The van der Waals surface area contributed by atoms with E-state index in [0.29, 0.717) is 12.5 Å². The van der Waals surface area contributed by atoms with E-state index >= 15 is 0 Å². The predicted octanol–water partition coefficient (Wildman–Crippen LogP) is 0.708. The molecule has 82 valence electrons. The highest BCUT2D eigenvalue weighted by Gasteiger charge is 2.20. The molecular weight excluding hydrogens is 188 g/mol. The first-order chi connectivity index (χ1) is 7.36. The molecule has 0 aromatic rings. The molecule has 0 saturated carbocycles. The minimum absolute atomic E-state index is 0.300. The third kappa shape index (κ3) is 2.97. The molecule has 2 aliphatic rings. The quantitative estimate of drug-likeness (QED) is 0.621. The van der Waals surface area contributed by atoms with Gasteiger partial charge in [0, 0.05) is 39.0 Å². The van der Waals surface area contributed by atoms with Crippen LogP contribution in [0.2, 0.25) is 0 Å². The molecule has 1 amide bonds. The molecule has 0 unspecified atom stereocenters. The summed E-state index contributed by atoms with van der Waals surface area (Å²) >= 11 is 0. The van der Waals surface area contributed by atoms with E-state index in [2.05, 4.69) is 16.7 Å². The van der Waals surface area contributed by atoms with E-state index in [-0.39, 0.29) is 0 Å². The van der Waals surface area contributed by atoms with E-state index in [1.165, 1.54) is 12.8 Å². The summed E-state index contributed by atoms with van der Waals surface area (Å²) in [6.45, 7) is 4.41. The molecular formula is C12H18N2O. The Bertz CT molecular complexity index is 272. The van der Waals surface area contributed by atoms with E-state index in [9.17, 15) is 4.79 Å². The van der Waals surface area contributed by atoms with Crippen molar-refractivity contribution in [2.24, 2.45) is 0 Å². The average Bonchev–Trinajstić information content (AvgIpc) is 2.65. The number of hydrogen-bond acceptors (Lipinski definition) is 2. The first-order valence-electron chi connectivity index (χ1n) is 5.82. The molecule has 0 spiro atoms. The fraction of sp³-hybridized carbons (Fsp3) is 0.750. The second-order valence-corrected chi connectivity index (χ2v) is 4.22. The number of likely N-dealkylation sites (tertiary alicyclic amines) is 1. The lowest BCUT2D eigenvalue weighted by atomic mass is 10.3. The molecule has 0 radical (unpaired) electrons. The number of amides is 1. The van der Waals surface area contributed by atoms with Gasteiger partial charge < -0.3 is 4.90 Å². The average molecular weight is 206 g/mol. The van der Waals surface area contributed by atoms with Crippen LogP contribution in [0, 0.1) is 11.8 Å². The summed E-state index contributed by atoms with van der Waals surface area (Å²) in [5, 5.41) is 0. The topological polar surface area (TPSA) is 23.6 Å². The summed E-state index contributed by atoms with van der Waals surface area (Å²) in [5.41, 5.74) is 0. The van der Waals surface area contributed by atoms with Crippen LogP contribution in [0.4, 0.5) is 0 Å². The molecule has 1 saturated heterocycles. The van der Waals surface area contributed by atoms with E-state index in [4.69, 9.17) is 0 Å². The Morgan fingerprint density at radius 3 is 2.20 bits per heavy atom. The van der Waals surface area contributed by atoms with Gasteiger partial charge in [0.2, 0.25) is 5.91 Å². The van der Waals surface area contributed by atoms with Crippen LogP contribution in [-0.2, 0) is 4.79 Å². The maximum atomic E-state index is 11.9. The molecule has 0 bridgehead atoms. The fourth-order valence-corrected chi connectivity index (χ4v) is 2.13. The second-order valence-electron chi connectivity index (χ2n) is 4.22.